The molecule has 0 unspecified atom stereocenters. The Bertz CT molecular complexity index is 718. The van der Waals surface area contributed by atoms with Crippen LogP contribution in [0.25, 0.3) is 0 Å². The molecule has 2 aromatic rings. The zero-order valence-corrected chi connectivity index (χ0v) is 14.2. The number of thiazole rings is 1. The fourth-order valence-electron chi connectivity index (χ4n) is 1.83. The van der Waals surface area contributed by atoms with Gasteiger partial charge >= 0.3 is 5.97 Å². The SMILES string of the molecule is CCOC(=O)Cc1csc(NN=Cc2ccc(OCC)c(F)c2)n1. The number of rotatable bonds is 8. The van der Waals surface area contributed by atoms with Crippen LogP contribution in [0.2, 0.25) is 0 Å². The van der Waals surface area contributed by atoms with Crippen molar-refractivity contribution in [2.75, 3.05) is 18.6 Å². The third-order valence-electron chi connectivity index (χ3n) is 2.81. The highest BCUT2D eigenvalue weighted by Crippen LogP contribution is 2.18. The van der Waals surface area contributed by atoms with Gasteiger partial charge in [0.05, 0.1) is 31.5 Å². The van der Waals surface area contributed by atoms with Gasteiger partial charge in [-0.2, -0.15) is 5.10 Å². The maximum atomic E-state index is 13.7. The van der Waals surface area contributed by atoms with Crippen molar-refractivity contribution >= 4 is 28.7 Å². The number of ether oxygens (including phenoxy) is 2. The Labute approximate surface area is 143 Å². The number of hydrogen-bond donors (Lipinski definition) is 1. The minimum atomic E-state index is -0.438. The third kappa shape index (κ3) is 5.31. The minimum Gasteiger partial charge on any atom is -0.491 e. The van der Waals surface area contributed by atoms with Crippen LogP contribution in [0.15, 0.2) is 28.7 Å². The minimum absolute atomic E-state index is 0.125. The second-order valence-corrected chi connectivity index (χ2v) is 5.48. The van der Waals surface area contributed by atoms with Gasteiger partial charge in [0, 0.05) is 5.38 Å². The van der Waals surface area contributed by atoms with E-state index in [4.69, 9.17) is 9.47 Å². The number of nitrogens with zero attached hydrogens (tertiary/aromatic N) is 2. The zero-order chi connectivity index (χ0) is 17.4. The van der Waals surface area contributed by atoms with E-state index in [1.54, 1.807) is 31.4 Å². The number of hydrogen-bond acceptors (Lipinski definition) is 7. The lowest BCUT2D eigenvalue weighted by Gasteiger charge is -2.04. The van der Waals surface area contributed by atoms with Crippen LogP contribution < -0.4 is 10.2 Å². The normalized spacial score (nSPS) is 10.8. The molecular weight excluding hydrogens is 333 g/mol. The summed E-state index contributed by atoms with van der Waals surface area (Å²) in [5.41, 5.74) is 3.95. The molecule has 24 heavy (non-hydrogen) atoms. The molecule has 1 N–H and O–H groups in total. The Hall–Kier alpha value is -2.48. The van der Waals surface area contributed by atoms with E-state index in [9.17, 15) is 9.18 Å². The first-order chi connectivity index (χ1) is 11.6. The van der Waals surface area contributed by atoms with Crippen LogP contribution in [0.4, 0.5) is 9.52 Å². The number of halogens is 1. The van der Waals surface area contributed by atoms with Crippen LogP contribution in [-0.2, 0) is 16.0 Å². The molecule has 0 aliphatic rings. The lowest BCUT2D eigenvalue weighted by Crippen LogP contribution is -2.07. The van der Waals surface area contributed by atoms with Crippen molar-refractivity contribution < 1.29 is 18.7 Å². The van der Waals surface area contributed by atoms with Crippen LogP contribution in [0.1, 0.15) is 25.1 Å². The average molecular weight is 351 g/mol. The van der Waals surface area contributed by atoms with E-state index in [0.29, 0.717) is 29.6 Å². The molecule has 0 fully saturated rings. The van der Waals surface area contributed by atoms with E-state index in [-0.39, 0.29) is 18.1 Å². The Morgan fingerprint density at radius 2 is 2.25 bits per heavy atom. The number of anilines is 1. The van der Waals surface area contributed by atoms with Gasteiger partial charge in [-0.25, -0.2) is 9.37 Å². The van der Waals surface area contributed by atoms with E-state index in [0.717, 1.165) is 0 Å². The summed E-state index contributed by atoms with van der Waals surface area (Å²) in [6.45, 7) is 4.30. The smallest absolute Gasteiger partial charge is 0.311 e. The molecule has 1 aromatic carbocycles. The molecule has 0 aliphatic carbocycles. The summed E-state index contributed by atoms with van der Waals surface area (Å²) in [5, 5.41) is 6.30. The van der Waals surface area contributed by atoms with Gasteiger partial charge in [-0.15, -0.1) is 11.3 Å². The molecule has 1 aromatic heterocycles. The van der Waals surface area contributed by atoms with Crippen molar-refractivity contribution in [3.8, 4) is 5.75 Å². The second kappa shape index (κ2) is 8.97. The van der Waals surface area contributed by atoms with Crippen molar-refractivity contribution in [2.24, 2.45) is 5.10 Å². The molecule has 0 spiro atoms. The molecule has 0 atom stereocenters. The van der Waals surface area contributed by atoms with Gasteiger partial charge in [-0.05, 0) is 37.6 Å². The summed E-state index contributed by atoms with van der Waals surface area (Å²) in [5.74, 6) is -0.541. The number of esters is 1. The van der Waals surface area contributed by atoms with Gasteiger partial charge in [-0.1, -0.05) is 0 Å². The number of carbonyl (C=O) groups is 1. The Morgan fingerprint density at radius 1 is 1.42 bits per heavy atom. The van der Waals surface area contributed by atoms with Gasteiger partial charge in [0.15, 0.2) is 11.6 Å². The van der Waals surface area contributed by atoms with Crippen LogP contribution >= 0.6 is 11.3 Å². The van der Waals surface area contributed by atoms with E-state index in [1.807, 2.05) is 0 Å². The van der Waals surface area contributed by atoms with E-state index >= 15 is 0 Å². The van der Waals surface area contributed by atoms with Gasteiger partial charge in [0.1, 0.15) is 0 Å². The standard InChI is InChI=1S/C16H18FN3O3S/c1-3-22-14-6-5-11(7-13(14)17)9-18-20-16-19-12(10-24-16)8-15(21)23-4-2/h5-7,9-10H,3-4,8H2,1-2H3,(H,19,20). The average Bonchev–Trinajstić information content (AvgIpc) is 2.97. The van der Waals surface area contributed by atoms with Crippen LogP contribution in [-0.4, -0.2) is 30.4 Å². The molecule has 128 valence electrons. The maximum absolute atomic E-state index is 13.7. The molecule has 0 radical (unpaired) electrons. The van der Waals surface area contributed by atoms with Gasteiger partial charge in [-0.3, -0.25) is 10.2 Å². The molecule has 1 heterocycles. The lowest BCUT2D eigenvalue weighted by molar-refractivity contribution is -0.142. The Balaban J connectivity index is 1.91. The summed E-state index contributed by atoms with van der Waals surface area (Å²) < 4.78 is 23.7. The van der Waals surface area contributed by atoms with Crippen molar-refractivity contribution in [3.05, 3.63) is 40.7 Å². The summed E-state index contributed by atoms with van der Waals surface area (Å²) in [6, 6.07) is 4.60. The Kier molecular flexibility index (Phi) is 6.68. The second-order valence-electron chi connectivity index (χ2n) is 4.62. The maximum Gasteiger partial charge on any atom is 0.311 e. The summed E-state index contributed by atoms with van der Waals surface area (Å²) in [7, 11) is 0. The molecular formula is C16H18FN3O3S. The third-order valence-corrected chi connectivity index (χ3v) is 3.61. The van der Waals surface area contributed by atoms with Gasteiger partial charge in [0.25, 0.3) is 0 Å². The predicted molar refractivity (Wildman–Crippen MR) is 91.2 cm³/mol. The van der Waals surface area contributed by atoms with Crippen molar-refractivity contribution in [2.45, 2.75) is 20.3 Å². The first-order valence-electron chi connectivity index (χ1n) is 7.43. The molecule has 6 nitrogen and oxygen atoms in total. The van der Waals surface area contributed by atoms with Crippen LogP contribution in [0.3, 0.4) is 0 Å². The highest BCUT2D eigenvalue weighted by atomic mass is 32.1. The van der Waals surface area contributed by atoms with E-state index in [2.05, 4.69) is 15.5 Å². The summed E-state index contributed by atoms with van der Waals surface area (Å²) >= 11 is 1.32. The first kappa shape index (κ1) is 17.9. The van der Waals surface area contributed by atoms with Gasteiger partial charge < -0.3 is 9.47 Å². The molecule has 0 saturated carbocycles. The number of aromatic nitrogens is 1. The topological polar surface area (TPSA) is 72.8 Å². The largest absolute Gasteiger partial charge is 0.491 e. The molecule has 2 rings (SSSR count). The number of carbonyl (C=O) groups excluding carboxylic acids is 1. The number of nitrogens with one attached hydrogen (secondary N) is 1. The van der Waals surface area contributed by atoms with Crippen LogP contribution in [0, 0.1) is 5.82 Å². The quantitative estimate of drug-likeness (QED) is 0.449. The number of benzene rings is 1. The molecule has 0 saturated heterocycles. The highest BCUT2D eigenvalue weighted by molar-refractivity contribution is 7.13. The van der Waals surface area contributed by atoms with E-state index < -0.39 is 5.82 Å². The molecule has 0 aliphatic heterocycles. The summed E-state index contributed by atoms with van der Waals surface area (Å²) in [6.07, 6.45) is 1.60. The molecule has 8 heteroatoms. The Morgan fingerprint density at radius 3 is 2.96 bits per heavy atom. The van der Waals surface area contributed by atoms with E-state index in [1.165, 1.54) is 23.6 Å². The molecule has 0 amide bonds. The fourth-order valence-corrected chi connectivity index (χ4v) is 2.49. The molecule has 0 bridgehead atoms. The fraction of sp³-hybridized carbons (Fsp3) is 0.312. The lowest BCUT2D eigenvalue weighted by atomic mass is 10.2. The van der Waals surface area contributed by atoms with Crippen LogP contribution in [0.5, 0.6) is 5.75 Å². The monoisotopic (exact) mass is 351 g/mol. The highest BCUT2D eigenvalue weighted by Gasteiger charge is 2.08. The van der Waals surface area contributed by atoms with Crippen molar-refractivity contribution in [1.82, 2.24) is 4.98 Å². The predicted octanol–water partition coefficient (Wildman–Crippen LogP) is 3.23. The first-order valence-corrected chi connectivity index (χ1v) is 8.31. The van der Waals surface area contributed by atoms with Crippen molar-refractivity contribution in [3.63, 3.8) is 0 Å². The van der Waals surface area contributed by atoms with Crippen molar-refractivity contribution in [1.29, 1.82) is 0 Å². The zero-order valence-electron chi connectivity index (χ0n) is 13.4. The number of hydrazone groups is 1. The summed E-state index contributed by atoms with van der Waals surface area (Å²) in [4.78, 5) is 15.6. The van der Waals surface area contributed by atoms with Gasteiger partial charge in [0.2, 0.25) is 5.13 Å².